The van der Waals surface area contributed by atoms with Gasteiger partial charge in [0.15, 0.2) is 0 Å². The van der Waals surface area contributed by atoms with Crippen molar-refractivity contribution in [3.05, 3.63) is 75.0 Å². The lowest BCUT2D eigenvalue weighted by Crippen LogP contribution is -2.63. The highest BCUT2D eigenvalue weighted by Gasteiger charge is 2.43. The van der Waals surface area contributed by atoms with Gasteiger partial charge in [-0.3, -0.25) is 14.6 Å². The number of amides is 1. The number of likely N-dealkylation sites (tertiary alicyclic amines) is 1. The minimum atomic E-state index is -3.58. The summed E-state index contributed by atoms with van der Waals surface area (Å²) in [6.07, 6.45) is 5.03. The number of thiophene rings is 1. The van der Waals surface area contributed by atoms with E-state index < -0.39 is 10.0 Å². The Balaban J connectivity index is 1.10. The Morgan fingerprint density at radius 3 is 2.33 bits per heavy atom. The van der Waals surface area contributed by atoms with Crippen LogP contribution in [0.15, 0.2) is 52.3 Å². The van der Waals surface area contributed by atoms with Gasteiger partial charge in [0, 0.05) is 68.5 Å². The van der Waals surface area contributed by atoms with Crippen LogP contribution in [0.1, 0.15) is 72.9 Å². The highest BCUT2D eigenvalue weighted by molar-refractivity contribution is 7.89. The van der Waals surface area contributed by atoms with Crippen molar-refractivity contribution in [2.24, 2.45) is 5.92 Å². The lowest BCUT2D eigenvalue weighted by atomic mass is 9.83. The number of carbonyl (C=O) groups excluding carboxylic acids is 1. The van der Waals surface area contributed by atoms with Crippen LogP contribution in [0.3, 0.4) is 0 Å². The van der Waals surface area contributed by atoms with Gasteiger partial charge in [0.1, 0.15) is 6.33 Å². The van der Waals surface area contributed by atoms with Gasteiger partial charge in [0.05, 0.1) is 21.8 Å². The van der Waals surface area contributed by atoms with Crippen molar-refractivity contribution in [2.45, 2.75) is 75.9 Å². The first-order valence-corrected chi connectivity index (χ1v) is 19.1. The molecule has 0 aliphatic carbocycles. The van der Waals surface area contributed by atoms with Crippen LogP contribution in [0.5, 0.6) is 0 Å². The van der Waals surface area contributed by atoms with Gasteiger partial charge in [-0.15, -0.1) is 0 Å². The Morgan fingerprint density at radius 1 is 1.02 bits per heavy atom. The van der Waals surface area contributed by atoms with E-state index in [2.05, 4.69) is 50.4 Å². The maximum Gasteiger partial charge on any atom is 0.257 e. The number of nitrogens with zero attached hydrogens (tertiary/aromatic N) is 6. The maximum absolute atomic E-state index is 13.4. The van der Waals surface area contributed by atoms with E-state index >= 15 is 0 Å². The van der Waals surface area contributed by atoms with E-state index in [1.165, 1.54) is 11.9 Å². The van der Waals surface area contributed by atoms with Crippen LogP contribution in [0, 0.1) is 19.8 Å². The number of sulfonamides is 1. The molecule has 3 aromatic rings. The molecular formula is C34H45ClN6O3S2. The molecule has 2 aromatic heterocycles. The second-order valence-corrected chi connectivity index (χ2v) is 16.6. The Labute approximate surface area is 282 Å². The quantitative estimate of drug-likeness (QED) is 0.318. The summed E-state index contributed by atoms with van der Waals surface area (Å²) in [6.45, 7) is 13.8. The number of carbonyl (C=O) groups is 1. The fourth-order valence-corrected chi connectivity index (χ4v) is 10.3. The van der Waals surface area contributed by atoms with Crippen molar-refractivity contribution in [2.75, 3.05) is 45.8 Å². The van der Waals surface area contributed by atoms with Crippen LogP contribution in [0.2, 0.25) is 5.02 Å². The fourth-order valence-electron chi connectivity index (χ4n) is 7.83. The van der Waals surface area contributed by atoms with Crippen LogP contribution in [0.4, 0.5) is 0 Å². The molecule has 9 nitrogen and oxygen atoms in total. The summed E-state index contributed by atoms with van der Waals surface area (Å²) in [7, 11) is -3.58. The van der Waals surface area contributed by atoms with Gasteiger partial charge >= 0.3 is 0 Å². The molecule has 46 heavy (non-hydrogen) atoms. The van der Waals surface area contributed by atoms with Gasteiger partial charge in [-0.2, -0.15) is 15.6 Å². The average molecular weight is 685 g/mol. The monoisotopic (exact) mass is 684 g/mol. The number of aromatic nitrogens is 2. The minimum Gasteiger partial charge on any atom is -0.338 e. The number of halogens is 1. The van der Waals surface area contributed by atoms with Gasteiger partial charge < -0.3 is 4.90 Å². The molecule has 0 saturated carbocycles. The lowest BCUT2D eigenvalue weighted by Gasteiger charge is -2.54. The Kier molecular flexibility index (Phi) is 9.90. The molecule has 3 aliphatic rings. The van der Waals surface area contributed by atoms with Crippen LogP contribution >= 0.6 is 22.9 Å². The molecule has 3 saturated heterocycles. The van der Waals surface area contributed by atoms with Gasteiger partial charge in [0.25, 0.3) is 5.91 Å². The van der Waals surface area contributed by atoms with Gasteiger partial charge in [-0.1, -0.05) is 17.7 Å². The van der Waals surface area contributed by atoms with Crippen LogP contribution in [-0.2, 0) is 10.0 Å². The first-order chi connectivity index (χ1) is 22.0. The molecule has 1 aromatic carbocycles. The van der Waals surface area contributed by atoms with E-state index in [1.54, 1.807) is 39.9 Å². The highest BCUT2D eigenvalue weighted by atomic mass is 35.5. The van der Waals surface area contributed by atoms with E-state index in [0.717, 1.165) is 69.8 Å². The zero-order valence-electron chi connectivity index (χ0n) is 27.2. The molecule has 0 radical (unpaired) electrons. The van der Waals surface area contributed by atoms with Crippen molar-refractivity contribution in [1.29, 1.82) is 0 Å². The number of hydrogen-bond acceptors (Lipinski definition) is 8. The number of rotatable bonds is 7. The molecule has 1 amide bonds. The predicted octanol–water partition coefficient (Wildman–Crippen LogP) is 5.65. The zero-order valence-corrected chi connectivity index (χ0v) is 29.6. The fraction of sp³-hybridized carbons (Fsp3) is 0.559. The molecule has 2 atom stereocenters. The summed E-state index contributed by atoms with van der Waals surface area (Å²) in [5.74, 6) is 0.411. The smallest absolute Gasteiger partial charge is 0.257 e. The Hall–Kier alpha value is -2.41. The van der Waals surface area contributed by atoms with Gasteiger partial charge in [0.2, 0.25) is 10.0 Å². The zero-order chi connectivity index (χ0) is 32.6. The number of hydrogen-bond donors (Lipinski definition) is 0. The van der Waals surface area contributed by atoms with Crippen LogP contribution in [-0.4, -0.2) is 101 Å². The molecule has 0 unspecified atom stereocenters. The maximum atomic E-state index is 13.4. The SMILES string of the molecule is Cc1ncnc(C)c1C(=O)N1CCC(C)(N2CCN([C@@H](c3ccsc3)C3CCN(S(=O)(=O)c4cccc(Cl)c4)CC3)[C@@H](C)C2)CC1. The molecule has 12 heteroatoms. The summed E-state index contributed by atoms with van der Waals surface area (Å²) in [5, 5.41) is 4.86. The second kappa shape index (κ2) is 13.6. The molecule has 3 aliphatic heterocycles. The molecule has 0 N–H and O–H groups in total. The van der Waals surface area contributed by atoms with Crippen molar-refractivity contribution in [3.63, 3.8) is 0 Å². The molecule has 248 valence electrons. The van der Waals surface area contributed by atoms with Gasteiger partial charge in [-0.05, 0) is 99.9 Å². The Bertz CT molecular complexity index is 1620. The highest BCUT2D eigenvalue weighted by Crippen LogP contribution is 2.41. The van der Waals surface area contributed by atoms with Crippen LogP contribution < -0.4 is 0 Å². The Morgan fingerprint density at radius 2 is 1.72 bits per heavy atom. The summed E-state index contributed by atoms with van der Waals surface area (Å²) in [6, 6.07) is 9.42. The number of piperazine rings is 1. The standard InChI is InChI=1S/C34H45ClN6O3S2/c1-24-21-39(34(4)11-15-38(16-12-34)33(42)31-25(2)36-23-37-26(31)3)17-18-41(24)32(28-10-19-45-22-28)27-8-13-40(14-9-27)46(43,44)30-7-5-6-29(35)20-30/h5-7,10,19-20,22-24,27,32H,8-9,11-18,21H2,1-4H3/t24-,32+/m0/s1. The van der Waals surface area contributed by atoms with Crippen LogP contribution in [0.25, 0.3) is 0 Å². The largest absolute Gasteiger partial charge is 0.338 e. The predicted molar refractivity (Wildman–Crippen MR) is 183 cm³/mol. The average Bonchev–Trinajstić information content (AvgIpc) is 3.57. The third-order valence-electron chi connectivity index (χ3n) is 10.6. The first kappa shape index (κ1) is 33.5. The molecule has 0 bridgehead atoms. The second-order valence-electron chi connectivity index (χ2n) is 13.4. The summed E-state index contributed by atoms with van der Waals surface area (Å²) in [5.41, 5.74) is 3.50. The van der Waals surface area contributed by atoms with Gasteiger partial charge in [-0.25, -0.2) is 18.4 Å². The topological polar surface area (TPSA) is 90.0 Å². The van der Waals surface area contributed by atoms with E-state index in [-0.39, 0.29) is 22.4 Å². The third-order valence-corrected chi connectivity index (χ3v) is 13.5. The lowest BCUT2D eigenvalue weighted by molar-refractivity contribution is -0.0420. The third kappa shape index (κ3) is 6.64. The summed E-state index contributed by atoms with van der Waals surface area (Å²) in [4.78, 5) is 29.5. The number of aryl methyl sites for hydroxylation is 2. The van der Waals surface area contributed by atoms with Crippen molar-refractivity contribution < 1.29 is 13.2 Å². The van der Waals surface area contributed by atoms with Crippen molar-refractivity contribution >= 4 is 38.9 Å². The van der Waals surface area contributed by atoms with E-state index in [1.807, 2.05) is 18.7 Å². The molecule has 0 spiro atoms. The normalized spacial score (nSPS) is 23.0. The van der Waals surface area contributed by atoms with E-state index in [9.17, 15) is 13.2 Å². The summed E-state index contributed by atoms with van der Waals surface area (Å²) >= 11 is 7.85. The molecule has 3 fully saturated rings. The minimum absolute atomic E-state index is 0.0340. The van der Waals surface area contributed by atoms with E-state index in [4.69, 9.17) is 11.6 Å². The molecule has 5 heterocycles. The number of benzene rings is 1. The number of piperidine rings is 2. The molecule has 6 rings (SSSR count). The summed E-state index contributed by atoms with van der Waals surface area (Å²) < 4.78 is 28.4. The van der Waals surface area contributed by atoms with E-state index in [0.29, 0.717) is 35.6 Å². The first-order valence-electron chi connectivity index (χ1n) is 16.3. The molecular weight excluding hydrogens is 640 g/mol. The van der Waals surface area contributed by atoms with Crippen molar-refractivity contribution in [3.8, 4) is 0 Å². The van der Waals surface area contributed by atoms with Crippen molar-refractivity contribution in [1.82, 2.24) is 29.0 Å².